The number of carbonyl (C=O) groups excluding carboxylic acids is 1. The van der Waals surface area contributed by atoms with Crippen LogP contribution in [0, 0.1) is 0 Å². The van der Waals surface area contributed by atoms with Gasteiger partial charge in [-0.15, -0.1) is 0 Å². The Balaban J connectivity index is 2.39. The Morgan fingerprint density at radius 2 is 1.80 bits per heavy atom. The molecule has 20 heavy (non-hydrogen) atoms. The Kier molecular flexibility index (Phi) is 7.26. The zero-order chi connectivity index (χ0) is 15.0. The van der Waals surface area contributed by atoms with Crippen LogP contribution in [0.1, 0.15) is 45.3 Å². The van der Waals surface area contributed by atoms with Crippen molar-refractivity contribution >= 4 is 5.91 Å². The van der Waals surface area contributed by atoms with Crippen molar-refractivity contribution < 1.29 is 9.90 Å². The highest BCUT2D eigenvalue weighted by Gasteiger charge is 2.16. The van der Waals surface area contributed by atoms with Crippen LogP contribution >= 0.6 is 0 Å². The van der Waals surface area contributed by atoms with E-state index in [2.05, 4.69) is 24.5 Å². The van der Waals surface area contributed by atoms with Gasteiger partial charge in [-0.25, -0.2) is 0 Å². The first-order valence-electron chi connectivity index (χ1n) is 7.35. The summed E-state index contributed by atoms with van der Waals surface area (Å²) in [6, 6.07) is 9.36. The van der Waals surface area contributed by atoms with Crippen molar-refractivity contribution in [3.05, 3.63) is 35.9 Å². The van der Waals surface area contributed by atoms with Crippen LogP contribution in [0.25, 0.3) is 0 Å². The highest BCUT2D eigenvalue weighted by Crippen LogP contribution is 2.10. The quantitative estimate of drug-likeness (QED) is 0.681. The van der Waals surface area contributed by atoms with Crippen molar-refractivity contribution in [1.82, 2.24) is 10.6 Å². The van der Waals surface area contributed by atoms with Gasteiger partial charge in [0.2, 0.25) is 5.91 Å². The van der Waals surface area contributed by atoms with Crippen molar-refractivity contribution in [2.75, 3.05) is 6.54 Å². The number of amides is 1. The molecule has 0 fully saturated rings. The molecule has 1 amide bonds. The molecule has 3 N–H and O–H groups in total. The van der Waals surface area contributed by atoms with E-state index in [1.807, 2.05) is 37.3 Å². The van der Waals surface area contributed by atoms with Crippen LogP contribution in [0.3, 0.4) is 0 Å². The topological polar surface area (TPSA) is 61.4 Å². The molecule has 0 radical (unpaired) electrons. The van der Waals surface area contributed by atoms with E-state index in [1.165, 1.54) is 0 Å². The van der Waals surface area contributed by atoms with Gasteiger partial charge in [-0.1, -0.05) is 44.2 Å². The van der Waals surface area contributed by atoms with E-state index < -0.39 is 6.10 Å². The number of rotatable bonds is 8. The molecule has 112 valence electrons. The molecule has 1 rings (SSSR count). The van der Waals surface area contributed by atoms with Crippen molar-refractivity contribution in [2.45, 2.75) is 51.8 Å². The average Bonchev–Trinajstić information content (AvgIpc) is 2.50. The highest BCUT2D eigenvalue weighted by molar-refractivity contribution is 5.81. The minimum absolute atomic E-state index is 0.0149. The first kappa shape index (κ1) is 16.7. The molecule has 0 spiro atoms. The molecule has 2 atom stereocenters. The van der Waals surface area contributed by atoms with Crippen molar-refractivity contribution in [2.24, 2.45) is 0 Å². The van der Waals surface area contributed by atoms with Crippen LogP contribution in [0.15, 0.2) is 30.3 Å². The van der Waals surface area contributed by atoms with Gasteiger partial charge >= 0.3 is 0 Å². The molecule has 1 aromatic rings. The Bertz CT molecular complexity index is 391. The summed E-state index contributed by atoms with van der Waals surface area (Å²) in [6.07, 6.45) is 1.27. The number of carbonyl (C=O) groups is 1. The lowest BCUT2D eigenvalue weighted by Crippen LogP contribution is -2.46. The van der Waals surface area contributed by atoms with E-state index >= 15 is 0 Å². The summed E-state index contributed by atoms with van der Waals surface area (Å²) in [5.41, 5.74) is 0.854. The SMILES string of the molecule is CCC(CC)NC(=O)C(C)NCC(O)c1ccccc1. The molecule has 2 unspecified atom stereocenters. The summed E-state index contributed by atoms with van der Waals surface area (Å²) in [7, 11) is 0. The first-order valence-corrected chi connectivity index (χ1v) is 7.35. The smallest absolute Gasteiger partial charge is 0.237 e. The third-order valence-corrected chi connectivity index (χ3v) is 3.53. The van der Waals surface area contributed by atoms with Crippen LogP contribution in [-0.4, -0.2) is 29.6 Å². The maximum absolute atomic E-state index is 12.0. The summed E-state index contributed by atoms with van der Waals surface area (Å²) in [5, 5.41) is 16.1. The van der Waals surface area contributed by atoms with Gasteiger partial charge in [0, 0.05) is 12.6 Å². The molecule has 0 aliphatic rings. The van der Waals surface area contributed by atoms with Gasteiger partial charge in [0.05, 0.1) is 12.1 Å². The van der Waals surface area contributed by atoms with Gasteiger partial charge in [0.1, 0.15) is 0 Å². The number of aliphatic hydroxyl groups excluding tert-OH is 1. The monoisotopic (exact) mass is 278 g/mol. The molecular formula is C16H26N2O2. The number of aliphatic hydroxyl groups is 1. The van der Waals surface area contributed by atoms with E-state index in [-0.39, 0.29) is 18.0 Å². The third-order valence-electron chi connectivity index (χ3n) is 3.53. The normalized spacial score (nSPS) is 14.1. The maximum atomic E-state index is 12.0. The molecule has 0 heterocycles. The second-order valence-electron chi connectivity index (χ2n) is 5.08. The predicted molar refractivity (Wildman–Crippen MR) is 81.4 cm³/mol. The van der Waals surface area contributed by atoms with Gasteiger partial charge in [0.15, 0.2) is 0 Å². The van der Waals surface area contributed by atoms with E-state index in [0.717, 1.165) is 18.4 Å². The van der Waals surface area contributed by atoms with Gasteiger partial charge in [-0.05, 0) is 25.3 Å². The lowest BCUT2D eigenvalue weighted by Gasteiger charge is -2.20. The van der Waals surface area contributed by atoms with Gasteiger partial charge in [-0.2, -0.15) is 0 Å². The molecule has 0 aliphatic heterocycles. The molecule has 0 aromatic heterocycles. The second kappa shape index (κ2) is 8.72. The summed E-state index contributed by atoms with van der Waals surface area (Å²) in [6.45, 7) is 6.30. The molecule has 0 saturated heterocycles. The predicted octanol–water partition coefficient (Wildman–Crippen LogP) is 2.00. The molecule has 4 nitrogen and oxygen atoms in total. The number of hydrogen-bond acceptors (Lipinski definition) is 3. The standard InChI is InChI=1S/C16H26N2O2/c1-4-14(5-2)18-16(20)12(3)17-11-15(19)13-9-7-6-8-10-13/h6-10,12,14-15,17,19H,4-5,11H2,1-3H3,(H,18,20). The second-order valence-corrected chi connectivity index (χ2v) is 5.08. The maximum Gasteiger partial charge on any atom is 0.237 e. The lowest BCUT2D eigenvalue weighted by molar-refractivity contribution is -0.123. The fraction of sp³-hybridized carbons (Fsp3) is 0.562. The average molecular weight is 278 g/mol. The molecule has 0 aliphatic carbocycles. The summed E-state index contributed by atoms with van der Waals surface area (Å²) in [5.74, 6) is -0.0149. The van der Waals surface area contributed by atoms with Crippen LogP contribution in [-0.2, 0) is 4.79 Å². The largest absolute Gasteiger partial charge is 0.387 e. The first-order chi connectivity index (χ1) is 9.58. The molecular weight excluding hydrogens is 252 g/mol. The van der Waals surface area contributed by atoms with E-state index in [9.17, 15) is 9.90 Å². The summed E-state index contributed by atoms with van der Waals surface area (Å²) < 4.78 is 0. The lowest BCUT2D eigenvalue weighted by atomic mass is 10.1. The Hall–Kier alpha value is -1.39. The number of hydrogen-bond donors (Lipinski definition) is 3. The Morgan fingerprint density at radius 3 is 2.35 bits per heavy atom. The Morgan fingerprint density at radius 1 is 1.20 bits per heavy atom. The van der Waals surface area contributed by atoms with Crippen LogP contribution in [0.2, 0.25) is 0 Å². The number of benzene rings is 1. The van der Waals surface area contributed by atoms with Gasteiger partial charge < -0.3 is 15.7 Å². The van der Waals surface area contributed by atoms with Gasteiger partial charge in [0.25, 0.3) is 0 Å². The summed E-state index contributed by atoms with van der Waals surface area (Å²) in [4.78, 5) is 12.0. The zero-order valence-corrected chi connectivity index (χ0v) is 12.6. The van der Waals surface area contributed by atoms with E-state index in [4.69, 9.17) is 0 Å². The summed E-state index contributed by atoms with van der Waals surface area (Å²) >= 11 is 0. The highest BCUT2D eigenvalue weighted by atomic mass is 16.3. The Labute approximate surface area is 121 Å². The van der Waals surface area contributed by atoms with Crippen LogP contribution in [0.5, 0.6) is 0 Å². The van der Waals surface area contributed by atoms with E-state index in [0.29, 0.717) is 6.54 Å². The minimum atomic E-state index is -0.598. The van der Waals surface area contributed by atoms with Crippen LogP contribution in [0.4, 0.5) is 0 Å². The fourth-order valence-corrected chi connectivity index (χ4v) is 1.99. The molecule has 1 aromatic carbocycles. The van der Waals surface area contributed by atoms with Gasteiger partial charge in [-0.3, -0.25) is 4.79 Å². The van der Waals surface area contributed by atoms with E-state index in [1.54, 1.807) is 0 Å². The number of nitrogens with one attached hydrogen (secondary N) is 2. The fourth-order valence-electron chi connectivity index (χ4n) is 1.99. The third kappa shape index (κ3) is 5.31. The van der Waals surface area contributed by atoms with Crippen LogP contribution < -0.4 is 10.6 Å². The zero-order valence-electron chi connectivity index (χ0n) is 12.6. The van der Waals surface area contributed by atoms with Crippen molar-refractivity contribution in [3.8, 4) is 0 Å². The van der Waals surface area contributed by atoms with Crippen molar-refractivity contribution in [1.29, 1.82) is 0 Å². The molecule has 4 heteroatoms. The molecule has 0 bridgehead atoms. The minimum Gasteiger partial charge on any atom is -0.387 e. The molecule has 0 saturated carbocycles. The van der Waals surface area contributed by atoms with Crippen molar-refractivity contribution in [3.63, 3.8) is 0 Å².